The highest BCUT2D eigenvalue weighted by molar-refractivity contribution is 5.98. The second-order valence-corrected chi connectivity index (χ2v) is 7.46. The molecule has 0 aliphatic carbocycles. The van der Waals surface area contributed by atoms with Crippen molar-refractivity contribution in [2.45, 2.75) is 40.5 Å². The van der Waals surface area contributed by atoms with Crippen molar-refractivity contribution < 1.29 is 4.74 Å². The molecule has 132 valence electrons. The first-order valence-electron chi connectivity index (χ1n) is 9.08. The molecular formula is C23H29NO. The monoisotopic (exact) mass is 335 g/mol. The third-order valence-corrected chi connectivity index (χ3v) is 3.69. The van der Waals surface area contributed by atoms with Gasteiger partial charge < -0.3 is 4.74 Å². The van der Waals surface area contributed by atoms with Crippen LogP contribution in [0.25, 0.3) is 5.57 Å². The Balaban J connectivity index is 2.24. The van der Waals surface area contributed by atoms with Gasteiger partial charge in [0.1, 0.15) is 5.75 Å². The average Bonchev–Trinajstić information content (AvgIpc) is 2.61. The summed E-state index contributed by atoms with van der Waals surface area (Å²) in [5, 5.41) is 0. The van der Waals surface area contributed by atoms with Gasteiger partial charge in [-0.25, -0.2) is 4.99 Å². The van der Waals surface area contributed by atoms with Gasteiger partial charge in [-0.15, -0.1) is 0 Å². The highest BCUT2D eigenvalue weighted by Gasteiger charge is 2.11. The summed E-state index contributed by atoms with van der Waals surface area (Å²) < 4.78 is 5.87. The molecule has 0 bridgehead atoms. The van der Waals surface area contributed by atoms with Crippen LogP contribution in [-0.4, -0.2) is 19.0 Å². The lowest BCUT2D eigenvalue weighted by molar-refractivity contribution is 0.198. The zero-order chi connectivity index (χ0) is 18.1. The van der Waals surface area contributed by atoms with Crippen molar-refractivity contribution in [3.8, 4) is 5.75 Å². The normalized spacial score (nSPS) is 10.9. The Kier molecular flexibility index (Phi) is 7.03. The second kappa shape index (κ2) is 9.25. The third-order valence-electron chi connectivity index (χ3n) is 3.69. The van der Waals surface area contributed by atoms with Crippen LogP contribution in [0, 0.1) is 5.41 Å². The number of ether oxygens (including phenoxy) is 1. The third kappa shape index (κ3) is 6.60. The average molecular weight is 335 g/mol. The van der Waals surface area contributed by atoms with Gasteiger partial charge in [-0.3, -0.25) is 0 Å². The lowest BCUT2D eigenvalue weighted by Crippen LogP contribution is -2.16. The van der Waals surface area contributed by atoms with Crippen molar-refractivity contribution in [1.29, 1.82) is 0 Å². The summed E-state index contributed by atoms with van der Waals surface area (Å²) in [5.74, 6) is 4.16. The molecule has 0 fully saturated rings. The van der Waals surface area contributed by atoms with E-state index in [0.717, 1.165) is 41.8 Å². The number of unbranched alkanes of at least 4 members (excludes halogenated alkanes) is 1. The van der Waals surface area contributed by atoms with Crippen molar-refractivity contribution in [2.75, 3.05) is 13.2 Å². The molecule has 0 atom stereocenters. The SMILES string of the molecule is CCCCN=C=C(c1ccccc1)c1ccc(OCC(C)(C)C)cc1. The highest BCUT2D eigenvalue weighted by atomic mass is 16.5. The van der Waals surface area contributed by atoms with Crippen molar-refractivity contribution in [3.05, 3.63) is 65.7 Å². The summed E-state index contributed by atoms with van der Waals surface area (Å²) in [6.45, 7) is 10.2. The minimum absolute atomic E-state index is 0.152. The maximum absolute atomic E-state index is 5.87. The molecule has 0 spiro atoms. The number of rotatable bonds is 7. The van der Waals surface area contributed by atoms with E-state index in [1.807, 2.05) is 30.3 Å². The van der Waals surface area contributed by atoms with Crippen molar-refractivity contribution >= 4 is 11.4 Å². The van der Waals surface area contributed by atoms with Crippen LogP contribution in [0.2, 0.25) is 0 Å². The van der Waals surface area contributed by atoms with Gasteiger partial charge in [0.2, 0.25) is 0 Å². The van der Waals surface area contributed by atoms with E-state index in [-0.39, 0.29) is 5.41 Å². The number of nitrogens with zero attached hydrogens (tertiary/aromatic N) is 1. The van der Waals surface area contributed by atoms with Gasteiger partial charge in [0.05, 0.1) is 12.2 Å². The molecule has 0 aliphatic rings. The predicted molar refractivity (Wildman–Crippen MR) is 108 cm³/mol. The molecule has 0 N–H and O–H groups in total. The van der Waals surface area contributed by atoms with Gasteiger partial charge in [0.25, 0.3) is 0 Å². The van der Waals surface area contributed by atoms with E-state index in [9.17, 15) is 0 Å². The smallest absolute Gasteiger partial charge is 0.119 e. The van der Waals surface area contributed by atoms with Crippen LogP contribution in [0.4, 0.5) is 0 Å². The largest absolute Gasteiger partial charge is 0.493 e. The Hall–Kier alpha value is -2.31. The molecule has 2 rings (SSSR count). The van der Waals surface area contributed by atoms with Gasteiger partial charge in [-0.05, 0) is 53.1 Å². The van der Waals surface area contributed by atoms with Crippen LogP contribution in [0.15, 0.2) is 59.6 Å². The van der Waals surface area contributed by atoms with Crippen molar-refractivity contribution in [1.82, 2.24) is 0 Å². The molecule has 0 aliphatic heterocycles. The minimum atomic E-state index is 0.152. The zero-order valence-corrected chi connectivity index (χ0v) is 15.9. The van der Waals surface area contributed by atoms with Crippen LogP contribution in [0.1, 0.15) is 51.7 Å². The van der Waals surface area contributed by atoms with Crippen LogP contribution in [0.3, 0.4) is 0 Å². The molecule has 0 unspecified atom stereocenters. The quantitative estimate of drug-likeness (QED) is 0.448. The zero-order valence-electron chi connectivity index (χ0n) is 15.9. The number of hydrogen-bond donors (Lipinski definition) is 0. The van der Waals surface area contributed by atoms with E-state index in [2.05, 4.69) is 62.8 Å². The van der Waals surface area contributed by atoms with Crippen LogP contribution < -0.4 is 4.74 Å². The summed E-state index contributed by atoms with van der Waals surface area (Å²) in [5.41, 5.74) is 3.42. The second-order valence-electron chi connectivity index (χ2n) is 7.46. The van der Waals surface area contributed by atoms with Gasteiger partial charge >= 0.3 is 0 Å². The molecule has 2 heteroatoms. The maximum atomic E-state index is 5.87. The summed E-state index contributed by atoms with van der Waals surface area (Å²) >= 11 is 0. The first-order valence-corrected chi connectivity index (χ1v) is 9.08. The Morgan fingerprint density at radius 3 is 2.20 bits per heavy atom. The molecule has 2 aromatic rings. The molecular weight excluding hydrogens is 306 g/mol. The number of aliphatic imine (C=N–C) groups is 1. The Morgan fingerprint density at radius 1 is 0.960 bits per heavy atom. The van der Waals surface area contributed by atoms with Crippen LogP contribution in [-0.2, 0) is 0 Å². The van der Waals surface area contributed by atoms with E-state index in [0.29, 0.717) is 6.61 Å². The lowest BCUT2D eigenvalue weighted by atomic mass is 9.98. The lowest BCUT2D eigenvalue weighted by Gasteiger charge is -2.19. The van der Waals surface area contributed by atoms with Crippen molar-refractivity contribution in [3.63, 3.8) is 0 Å². The van der Waals surface area contributed by atoms with Crippen LogP contribution >= 0.6 is 0 Å². The van der Waals surface area contributed by atoms with E-state index in [4.69, 9.17) is 4.74 Å². The Bertz CT molecular complexity index is 702. The standard InChI is InChI=1S/C23H29NO/c1-5-6-16-24-17-22(19-10-8-7-9-11-19)20-12-14-21(15-13-20)25-18-23(2,3)4/h7-15H,5-6,16,18H2,1-4H3. The van der Waals surface area contributed by atoms with Gasteiger partial charge in [0, 0.05) is 6.54 Å². The van der Waals surface area contributed by atoms with Gasteiger partial charge in [-0.2, -0.15) is 0 Å². The minimum Gasteiger partial charge on any atom is -0.493 e. The molecule has 0 heterocycles. The fourth-order valence-corrected chi connectivity index (χ4v) is 2.29. The molecule has 0 aromatic heterocycles. The molecule has 2 aromatic carbocycles. The highest BCUT2D eigenvalue weighted by Crippen LogP contribution is 2.24. The molecule has 25 heavy (non-hydrogen) atoms. The van der Waals surface area contributed by atoms with Crippen molar-refractivity contribution in [2.24, 2.45) is 10.4 Å². The predicted octanol–water partition coefficient (Wildman–Crippen LogP) is 6.01. The summed E-state index contributed by atoms with van der Waals surface area (Å²) in [6, 6.07) is 18.5. The Labute approximate surface area is 152 Å². The summed E-state index contributed by atoms with van der Waals surface area (Å²) in [6.07, 6.45) is 2.24. The molecule has 2 nitrogen and oxygen atoms in total. The van der Waals surface area contributed by atoms with Gasteiger partial charge in [0.15, 0.2) is 0 Å². The summed E-state index contributed by atoms with van der Waals surface area (Å²) in [7, 11) is 0. The molecule has 0 saturated carbocycles. The van der Waals surface area contributed by atoms with E-state index in [1.54, 1.807) is 0 Å². The first kappa shape index (κ1) is 19.0. The van der Waals surface area contributed by atoms with E-state index < -0.39 is 0 Å². The Morgan fingerprint density at radius 2 is 1.60 bits per heavy atom. The van der Waals surface area contributed by atoms with E-state index >= 15 is 0 Å². The van der Waals surface area contributed by atoms with Crippen LogP contribution in [0.5, 0.6) is 5.75 Å². The fourth-order valence-electron chi connectivity index (χ4n) is 2.29. The van der Waals surface area contributed by atoms with Gasteiger partial charge in [-0.1, -0.05) is 64.4 Å². The topological polar surface area (TPSA) is 21.6 Å². The molecule has 0 radical (unpaired) electrons. The number of hydrogen-bond acceptors (Lipinski definition) is 2. The summed E-state index contributed by atoms with van der Waals surface area (Å²) in [4.78, 5) is 4.49. The maximum Gasteiger partial charge on any atom is 0.119 e. The number of benzene rings is 2. The molecule has 0 amide bonds. The first-order chi connectivity index (χ1) is 12.0. The molecule has 0 saturated heterocycles. The fraction of sp³-hybridized carbons (Fsp3) is 0.391. The van der Waals surface area contributed by atoms with E-state index in [1.165, 1.54) is 0 Å².